The maximum Gasteiger partial charge on any atom is 0.194 e. The summed E-state index contributed by atoms with van der Waals surface area (Å²) < 4.78 is 1.06. The van der Waals surface area contributed by atoms with Crippen molar-refractivity contribution in [1.82, 2.24) is 4.98 Å². The maximum absolute atomic E-state index is 12.1. The summed E-state index contributed by atoms with van der Waals surface area (Å²) in [5.74, 6) is 0.0229. The van der Waals surface area contributed by atoms with Gasteiger partial charge < -0.3 is 0 Å². The van der Waals surface area contributed by atoms with Gasteiger partial charge in [-0.15, -0.1) is 0 Å². The summed E-state index contributed by atoms with van der Waals surface area (Å²) in [6, 6.07) is 9.41. The Balaban J connectivity index is 2.39. The Kier molecular flexibility index (Phi) is 3.33. The van der Waals surface area contributed by atoms with E-state index in [2.05, 4.69) is 27.6 Å². The number of hydrogen-bond donors (Lipinski definition) is 0. The lowest BCUT2D eigenvalue weighted by molar-refractivity contribution is 0.103. The Morgan fingerprint density at radius 1 is 1.19 bits per heavy atom. The van der Waals surface area contributed by atoms with Crippen molar-refractivity contribution in [1.29, 1.82) is 0 Å². The monoisotopic (exact) mass is 323 g/mol. The first-order valence-corrected chi connectivity index (χ1v) is 5.96. The van der Waals surface area contributed by atoms with Crippen LogP contribution < -0.4 is 0 Å². The van der Waals surface area contributed by atoms with Crippen LogP contribution >= 0.6 is 22.6 Å². The van der Waals surface area contributed by atoms with Crippen molar-refractivity contribution >= 4 is 28.4 Å². The second-order valence-corrected chi connectivity index (χ2v) is 4.84. The standard InChI is InChI=1S/C13H10INO/c1-9-5-11(8-15-7-9)13(16)10-3-2-4-12(14)6-10/h2-8H,1H3. The first-order valence-electron chi connectivity index (χ1n) is 4.89. The molecule has 2 rings (SSSR count). The van der Waals surface area contributed by atoms with Crippen LogP contribution in [-0.4, -0.2) is 10.8 Å². The highest BCUT2D eigenvalue weighted by atomic mass is 127. The van der Waals surface area contributed by atoms with Crippen LogP contribution in [-0.2, 0) is 0 Å². The van der Waals surface area contributed by atoms with Crippen LogP contribution in [0, 0.1) is 10.5 Å². The van der Waals surface area contributed by atoms with Gasteiger partial charge in [-0.2, -0.15) is 0 Å². The molecule has 0 radical (unpaired) electrons. The number of ketones is 1. The fourth-order valence-corrected chi connectivity index (χ4v) is 2.02. The molecule has 0 bridgehead atoms. The number of aromatic nitrogens is 1. The van der Waals surface area contributed by atoms with Crippen molar-refractivity contribution in [2.75, 3.05) is 0 Å². The number of benzene rings is 1. The minimum absolute atomic E-state index is 0.0229. The van der Waals surface area contributed by atoms with Gasteiger partial charge in [0.1, 0.15) is 0 Å². The Labute approximate surface area is 108 Å². The summed E-state index contributed by atoms with van der Waals surface area (Å²) in [5, 5.41) is 0. The zero-order chi connectivity index (χ0) is 11.5. The maximum atomic E-state index is 12.1. The number of rotatable bonds is 2. The Hall–Kier alpha value is -1.23. The summed E-state index contributed by atoms with van der Waals surface area (Å²) in [7, 11) is 0. The number of carbonyl (C=O) groups excluding carboxylic acids is 1. The number of hydrogen-bond acceptors (Lipinski definition) is 2. The molecule has 80 valence electrons. The predicted octanol–water partition coefficient (Wildman–Crippen LogP) is 3.23. The number of pyridine rings is 1. The van der Waals surface area contributed by atoms with Crippen LogP contribution in [0.2, 0.25) is 0 Å². The summed E-state index contributed by atoms with van der Waals surface area (Å²) in [6.45, 7) is 1.93. The van der Waals surface area contributed by atoms with Crippen LogP contribution in [0.5, 0.6) is 0 Å². The summed E-state index contributed by atoms with van der Waals surface area (Å²) >= 11 is 2.20. The number of carbonyl (C=O) groups is 1. The smallest absolute Gasteiger partial charge is 0.194 e. The van der Waals surface area contributed by atoms with Gasteiger partial charge in [0.2, 0.25) is 0 Å². The van der Waals surface area contributed by atoms with Crippen molar-refractivity contribution < 1.29 is 4.79 Å². The van der Waals surface area contributed by atoms with Gasteiger partial charge in [-0.3, -0.25) is 9.78 Å². The minimum Gasteiger partial charge on any atom is -0.289 e. The third-order valence-electron chi connectivity index (χ3n) is 2.22. The van der Waals surface area contributed by atoms with E-state index in [1.165, 1.54) is 0 Å². The molecule has 0 fully saturated rings. The molecule has 0 unspecified atom stereocenters. The lowest BCUT2D eigenvalue weighted by Crippen LogP contribution is -2.02. The lowest BCUT2D eigenvalue weighted by atomic mass is 10.0. The topological polar surface area (TPSA) is 30.0 Å². The molecule has 0 spiro atoms. The van der Waals surface area contributed by atoms with Crippen molar-refractivity contribution in [3.8, 4) is 0 Å². The fraction of sp³-hybridized carbons (Fsp3) is 0.0769. The number of nitrogens with zero attached hydrogens (tertiary/aromatic N) is 1. The van der Waals surface area contributed by atoms with E-state index in [-0.39, 0.29) is 5.78 Å². The first kappa shape index (κ1) is 11.3. The summed E-state index contributed by atoms with van der Waals surface area (Å²) in [5.41, 5.74) is 2.35. The molecule has 1 aromatic carbocycles. The predicted molar refractivity (Wildman–Crippen MR) is 71.6 cm³/mol. The van der Waals surface area contributed by atoms with Crippen molar-refractivity contribution in [3.05, 3.63) is 63.0 Å². The van der Waals surface area contributed by atoms with Crippen LogP contribution in [0.3, 0.4) is 0 Å². The quantitative estimate of drug-likeness (QED) is 0.627. The fourth-order valence-electron chi connectivity index (χ4n) is 1.48. The van der Waals surface area contributed by atoms with Gasteiger partial charge in [0.15, 0.2) is 5.78 Å². The van der Waals surface area contributed by atoms with Crippen LogP contribution in [0.1, 0.15) is 21.5 Å². The van der Waals surface area contributed by atoms with Gasteiger partial charge >= 0.3 is 0 Å². The Morgan fingerprint density at radius 2 is 2.00 bits per heavy atom. The third-order valence-corrected chi connectivity index (χ3v) is 2.89. The normalized spacial score (nSPS) is 10.1. The van der Waals surface area contributed by atoms with E-state index in [9.17, 15) is 4.79 Å². The summed E-state index contributed by atoms with van der Waals surface area (Å²) in [4.78, 5) is 16.1. The van der Waals surface area contributed by atoms with Crippen LogP contribution in [0.25, 0.3) is 0 Å². The first-order chi connectivity index (χ1) is 7.66. The molecule has 0 atom stereocenters. The minimum atomic E-state index is 0.0229. The van der Waals surface area contributed by atoms with Crippen molar-refractivity contribution in [2.45, 2.75) is 6.92 Å². The highest BCUT2D eigenvalue weighted by molar-refractivity contribution is 14.1. The van der Waals surface area contributed by atoms with Crippen LogP contribution in [0.4, 0.5) is 0 Å². The van der Waals surface area contributed by atoms with Crippen molar-refractivity contribution in [2.24, 2.45) is 0 Å². The van der Waals surface area contributed by atoms with Crippen molar-refractivity contribution in [3.63, 3.8) is 0 Å². The van der Waals surface area contributed by atoms with Gasteiger partial charge in [0.05, 0.1) is 0 Å². The zero-order valence-corrected chi connectivity index (χ0v) is 10.9. The van der Waals surface area contributed by atoms with E-state index in [0.29, 0.717) is 11.1 Å². The molecule has 2 aromatic rings. The van der Waals surface area contributed by atoms with Gasteiger partial charge in [-0.25, -0.2) is 0 Å². The molecular weight excluding hydrogens is 313 g/mol. The second-order valence-electron chi connectivity index (χ2n) is 3.59. The molecule has 0 aliphatic carbocycles. The van der Waals surface area contributed by atoms with Crippen LogP contribution in [0.15, 0.2) is 42.7 Å². The Bertz CT molecular complexity index is 489. The second kappa shape index (κ2) is 4.74. The largest absolute Gasteiger partial charge is 0.289 e. The lowest BCUT2D eigenvalue weighted by Gasteiger charge is -2.02. The molecule has 0 amide bonds. The highest BCUT2D eigenvalue weighted by Gasteiger charge is 2.09. The molecule has 0 N–H and O–H groups in total. The van der Waals surface area contributed by atoms with Gasteiger partial charge in [0.25, 0.3) is 0 Å². The molecule has 0 aliphatic rings. The molecular formula is C13H10INO. The SMILES string of the molecule is Cc1cncc(C(=O)c2cccc(I)c2)c1. The third kappa shape index (κ3) is 2.47. The molecule has 2 nitrogen and oxygen atoms in total. The molecule has 0 saturated heterocycles. The molecule has 1 heterocycles. The molecule has 1 aromatic heterocycles. The summed E-state index contributed by atoms with van der Waals surface area (Å²) in [6.07, 6.45) is 3.35. The number of aryl methyl sites for hydroxylation is 1. The van der Waals surface area contributed by atoms with E-state index < -0.39 is 0 Å². The molecule has 3 heteroatoms. The average Bonchev–Trinajstić information content (AvgIpc) is 2.28. The van der Waals surface area contributed by atoms with Gasteiger partial charge in [-0.1, -0.05) is 12.1 Å². The average molecular weight is 323 g/mol. The molecule has 16 heavy (non-hydrogen) atoms. The number of halogens is 1. The van der Waals surface area contributed by atoms with E-state index >= 15 is 0 Å². The van der Waals surface area contributed by atoms with E-state index in [0.717, 1.165) is 9.13 Å². The zero-order valence-electron chi connectivity index (χ0n) is 8.77. The highest BCUT2D eigenvalue weighted by Crippen LogP contribution is 2.13. The van der Waals surface area contributed by atoms with E-state index in [1.807, 2.05) is 37.3 Å². The van der Waals surface area contributed by atoms with Gasteiger partial charge in [0, 0.05) is 27.1 Å². The molecule has 0 aliphatic heterocycles. The van der Waals surface area contributed by atoms with E-state index in [4.69, 9.17) is 0 Å². The van der Waals surface area contributed by atoms with Gasteiger partial charge in [-0.05, 0) is 53.3 Å². The van der Waals surface area contributed by atoms with E-state index in [1.54, 1.807) is 12.4 Å². The molecule has 0 saturated carbocycles. The Morgan fingerprint density at radius 3 is 2.69 bits per heavy atom.